The van der Waals surface area contributed by atoms with Crippen molar-refractivity contribution in [2.75, 3.05) is 14.7 Å². The van der Waals surface area contributed by atoms with Gasteiger partial charge in [0.25, 0.3) is 0 Å². The Balaban J connectivity index is 0.000000106. The molecule has 0 aliphatic heterocycles. The van der Waals surface area contributed by atoms with Gasteiger partial charge in [0.15, 0.2) is 0 Å². The van der Waals surface area contributed by atoms with Gasteiger partial charge in [-0.2, -0.15) is 0 Å². The molecule has 0 aliphatic carbocycles. The maximum absolute atomic E-state index is 6.54. The van der Waals surface area contributed by atoms with Crippen molar-refractivity contribution in [1.29, 1.82) is 0 Å². The number of anilines is 9. The summed E-state index contributed by atoms with van der Waals surface area (Å²) in [6.07, 6.45) is 0. The van der Waals surface area contributed by atoms with Gasteiger partial charge in [0, 0.05) is 97.6 Å². The third-order valence-corrected chi connectivity index (χ3v) is 28.3. The number of para-hydroxylation sites is 3. The molecule has 138 heavy (non-hydrogen) atoms. The van der Waals surface area contributed by atoms with Crippen LogP contribution >= 0.6 is 0 Å². The van der Waals surface area contributed by atoms with Gasteiger partial charge in [-0.15, -0.1) is 0 Å². The van der Waals surface area contributed by atoms with E-state index in [-0.39, 0.29) is 0 Å². The first-order valence-electron chi connectivity index (χ1n) is 47.2. The fraction of sp³-hybridized carbons (Fsp3) is 0. The van der Waals surface area contributed by atoms with E-state index in [0.29, 0.717) is 0 Å². The normalized spacial score (nSPS) is 11.8. The van der Waals surface area contributed by atoms with Gasteiger partial charge >= 0.3 is 0 Å². The molecule has 0 spiro atoms. The molecule has 0 saturated heterocycles. The second-order valence-corrected chi connectivity index (χ2v) is 35.8. The van der Waals surface area contributed by atoms with Crippen molar-refractivity contribution in [3.05, 3.63) is 504 Å². The lowest BCUT2D eigenvalue weighted by Crippen LogP contribution is -2.11. The molecule has 29 rings (SSSR count). The van der Waals surface area contributed by atoms with Gasteiger partial charge in [0.1, 0.15) is 33.5 Å². The van der Waals surface area contributed by atoms with Crippen LogP contribution in [0.2, 0.25) is 0 Å². The van der Waals surface area contributed by atoms with Crippen LogP contribution in [0.3, 0.4) is 0 Å². The van der Waals surface area contributed by atoms with Crippen LogP contribution in [0, 0.1) is 0 Å². The lowest BCUT2D eigenvalue weighted by Gasteiger charge is -2.29. The number of benzene rings is 26. The fourth-order valence-corrected chi connectivity index (χ4v) is 22.1. The SMILES string of the molecule is c1ccc(-c2c(-c3ccc(N(c4cccc5ccccc45)c4cccc5c4ccc4c6ccccc6oc54)cc3)c3ccccc3c3ccccc23)cc1.c1ccc2c(N(c3cc4ccccc4c4ccccc34)c3cccc4c3ccc3c5ccccc5oc43)cccc2c1.c1ccc2c(N(c3ccc4c(ccc5ccccc54)c3)c3cccc4c3ccc3c5ccccc5oc43)cccc2c1. The summed E-state index contributed by atoms with van der Waals surface area (Å²) in [6.45, 7) is 0. The average molecular weight is 1760 g/mol. The zero-order chi connectivity index (χ0) is 90.8. The Hall–Kier alpha value is -18.4. The molecule has 644 valence electrons. The van der Waals surface area contributed by atoms with Crippen molar-refractivity contribution < 1.29 is 13.3 Å². The minimum Gasteiger partial charge on any atom is -0.455 e. The number of hydrogen-bond acceptors (Lipinski definition) is 6. The number of nitrogens with zero attached hydrogens (tertiary/aromatic N) is 3. The number of fused-ring (bicyclic) bond motifs is 27. The summed E-state index contributed by atoms with van der Waals surface area (Å²) in [4.78, 5) is 7.28. The molecule has 29 aromatic rings. The topological polar surface area (TPSA) is 49.1 Å². The van der Waals surface area contributed by atoms with Gasteiger partial charge in [-0.1, -0.05) is 400 Å². The molecule has 0 radical (unpaired) electrons. The van der Waals surface area contributed by atoms with Crippen molar-refractivity contribution in [3.8, 4) is 22.3 Å². The first kappa shape index (κ1) is 79.4. The average Bonchev–Trinajstić information content (AvgIpc) is 1.04. The molecule has 0 saturated carbocycles. The summed E-state index contributed by atoms with van der Waals surface area (Å²) < 4.78 is 19.5. The third kappa shape index (κ3) is 13.1. The third-order valence-electron chi connectivity index (χ3n) is 28.3. The van der Waals surface area contributed by atoms with E-state index >= 15 is 0 Å². The Kier molecular flexibility index (Phi) is 18.9. The number of hydrogen-bond donors (Lipinski definition) is 0. The van der Waals surface area contributed by atoms with Gasteiger partial charge in [0.05, 0.1) is 39.8 Å². The minimum absolute atomic E-state index is 0.906. The van der Waals surface area contributed by atoms with Crippen LogP contribution in [0.25, 0.3) is 217 Å². The van der Waals surface area contributed by atoms with Gasteiger partial charge in [0.2, 0.25) is 0 Å². The highest BCUT2D eigenvalue weighted by molar-refractivity contribution is 6.26. The first-order valence-corrected chi connectivity index (χ1v) is 47.2. The molecule has 26 aromatic carbocycles. The van der Waals surface area contributed by atoms with Gasteiger partial charge in [-0.25, -0.2) is 0 Å². The van der Waals surface area contributed by atoms with Crippen molar-refractivity contribution in [1.82, 2.24) is 0 Å². The van der Waals surface area contributed by atoms with E-state index < -0.39 is 0 Å². The summed E-state index contributed by atoms with van der Waals surface area (Å²) in [5.74, 6) is 0. The second-order valence-electron chi connectivity index (χ2n) is 35.8. The monoisotopic (exact) mass is 1760 g/mol. The molecule has 0 unspecified atom stereocenters. The molecule has 3 aromatic heterocycles. The standard InChI is InChI=1S/C52H33NO.2C40H25NO/c1-2-15-35(16-3-1)50-43-22-8-6-19-39(43)40-20-7-9-23-44(40)51(50)36-28-30-37(31-29-36)53(47-25-12-17-34-14-4-5-18-38(34)47)48-26-13-24-45-41(48)32-33-46-42-21-10-11-27-49(42)54-52(45)46;1-4-15-29-26(11-1)13-9-20-36(29)41(38-25-27-12-2-3-14-28(27)30-16-5-6-17-31(30)38)37-21-10-19-34-32(37)23-24-35-33-18-7-8-22-39(33)42-40(34)35;1-3-12-30-27(10-1)19-20-28-25-29(21-22-31(28)30)41(37-16-7-11-26-9-2-4-13-32(26)37)38-17-8-15-35-33(38)23-24-36-34-14-5-6-18-39(34)42-40(35)36/h1-33H;2*1-25H. The van der Waals surface area contributed by atoms with E-state index in [9.17, 15) is 0 Å². The lowest BCUT2D eigenvalue weighted by molar-refractivity contribution is 0.672. The maximum atomic E-state index is 6.54. The smallest absolute Gasteiger partial charge is 0.143 e. The molecular formula is C132H83N3O3. The van der Waals surface area contributed by atoms with Crippen molar-refractivity contribution in [3.63, 3.8) is 0 Å². The van der Waals surface area contributed by atoms with Crippen LogP contribution in [0.4, 0.5) is 51.2 Å². The van der Waals surface area contributed by atoms with Crippen LogP contribution in [-0.2, 0) is 0 Å². The fourth-order valence-electron chi connectivity index (χ4n) is 22.1. The summed E-state index contributed by atoms with van der Waals surface area (Å²) in [5, 5.41) is 35.8. The highest BCUT2D eigenvalue weighted by Crippen LogP contribution is 2.53. The quantitative estimate of drug-likeness (QED) is 0.120. The highest BCUT2D eigenvalue weighted by Gasteiger charge is 2.28. The Labute approximate surface area is 794 Å². The van der Waals surface area contributed by atoms with E-state index in [4.69, 9.17) is 13.3 Å². The molecule has 0 N–H and O–H groups in total. The van der Waals surface area contributed by atoms with Crippen LogP contribution < -0.4 is 14.7 Å². The largest absolute Gasteiger partial charge is 0.455 e. The summed E-state index contributed by atoms with van der Waals surface area (Å²) in [7, 11) is 0. The van der Waals surface area contributed by atoms with Crippen LogP contribution in [0.15, 0.2) is 517 Å². The predicted molar refractivity (Wildman–Crippen MR) is 586 cm³/mol. The predicted octanol–water partition coefficient (Wildman–Crippen LogP) is 38.3. The van der Waals surface area contributed by atoms with E-state index in [1.165, 1.54) is 119 Å². The van der Waals surface area contributed by atoms with Crippen LogP contribution in [-0.4, -0.2) is 0 Å². The van der Waals surface area contributed by atoms with Crippen molar-refractivity contribution >= 4 is 246 Å². The Morgan fingerprint density at radius 3 is 0.819 bits per heavy atom. The van der Waals surface area contributed by atoms with E-state index in [2.05, 4.69) is 494 Å². The maximum Gasteiger partial charge on any atom is 0.143 e. The highest BCUT2D eigenvalue weighted by atomic mass is 16.3. The number of rotatable bonds is 11. The first-order chi connectivity index (χ1) is 68.5. The Morgan fingerprint density at radius 1 is 0.123 bits per heavy atom. The van der Waals surface area contributed by atoms with E-state index in [1.54, 1.807) is 0 Å². The molecule has 0 atom stereocenters. The van der Waals surface area contributed by atoms with Crippen molar-refractivity contribution in [2.45, 2.75) is 0 Å². The molecule has 6 nitrogen and oxygen atoms in total. The lowest BCUT2D eigenvalue weighted by atomic mass is 9.85. The molecule has 0 amide bonds. The Bertz CT molecular complexity index is 9970. The molecule has 0 bridgehead atoms. The molecule has 0 fully saturated rings. The minimum atomic E-state index is 0.906. The van der Waals surface area contributed by atoms with Crippen molar-refractivity contribution in [2.24, 2.45) is 0 Å². The van der Waals surface area contributed by atoms with E-state index in [1.807, 2.05) is 24.3 Å². The zero-order valence-electron chi connectivity index (χ0n) is 75.0. The zero-order valence-corrected chi connectivity index (χ0v) is 75.0. The van der Waals surface area contributed by atoms with Crippen LogP contribution in [0.5, 0.6) is 0 Å². The van der Waals surface area contributed by atoms with Gasteiger partial charge in [-0.3, -0.25) is 0 Å². The second kappa shape index (κ2) is 32.8. The summed E-state index contributed by atoms with van der Waals surface area (Å²) >= 11 is 0. The molecule has 3 heterocycles. The molecule has 6 heteroatoms. The Morgan fingerprint density at radius 2 is 0.370 bits per heavy atom. The van der Waals surface area contributed by atoms with E-state index in [0.717, 1.165) is 149 Å². The van der Waals surface area contributed by atoms with Gasteiger partial charge < -0.3 is 28.0 Å². The summed E-state index contributed by atoms with van der Waals surface area (Å²) in [5.41, 5.74) is 20.5. The molecule has 0 aliphatic rings. The molecular weight excluding hydrogens is 1680 g/mol. The van der Waals surface area contributed by atoms with Gasteiger partial charge in [-0.05, 0) is 201 Å². The number of furan rings is 3. The summed E-state index contributed by atoms with van der Waals surface area (Å²) in [6, 6.07) is 181. The van der Waals surface area contributed by atoms with Crippen LogP contribution in [0.1, 0.15) is 0 Å².